The molecule has 10 rings (SSSR count). The minimum absolute atomic E-state index is 0.0476. The lowest BCUT2D eigenvalue weighted by atomic mass is 9.81. The zero-order chi connectivity index (χ0) is 32.0. The van der Waals surface area contributed by atoms with Crippen LogP contribution >= 0.6 is 0 Å². The van der Waals surface area contributed by atoms with E-state index in [1.165, 1.54) is 76.1 Å². The highest BCUT2D eigenvalue weighted by Crippen LogP contribution is 2.50. The summed E-state index contributed by atoms with van der Waals surface area (Å²) in [4.78, 5) is 2.41. The van der Waals surface area contributed by atoms with Gasteiger partial charge in [-0.25, -0.2) is 0 Å². The van der Waals surface area contributed by atoms with Gasteiger partial charge in [0.05, 0.1) is 0 Å². The first-order valence-electron chi connectivity index (χ1n) is 16.9. The highest BCUT2D eigenvalue weighted by atomic mass is 15.1. The van der Waals surface area contributed by atoms with Crippen LogP contribution in [-0.2, 0) is 5.41 Å². The fraction of sp³-hybridized carbons (Fsp3) is 0.0638. The van der Waals surface area contributed by atoms with Crippen LogP contribution in [0.15, 0.2) is 164 Å². The van der Waals surface area contributed by atoms with E-state index in [1.54, 1.807) is 0 Å². The molecule has 48 heavy (non-hydrogen) atoms. The molecular formula is C47H33N. The Labute approximate surface area is 280 Å². The van der Waals surface area contributed by atoms with Crippen LogP contribution in [0.3, 0.4) is 0 Å². The van der Waals surface area contributed by atoms with E-state index in [2.05, 4.69) is 183 Å². The van der Waals surface area contributed by atoms with Gasteiger partial charge in [0.1, 0.15) is 0 Å². The Kier molecular flexibility index (Phi) is 5.69. The molecule has 1 nitrogen and oxygen atoms in total. The summed E-state index contributed by atoms with van der Waals surface area (Å²) in [7, 11) is 0. The normalized spacial score (nSPS) is 13.4. The topological polar surface area (TPSA) is 3.24 Å². The second-order valence-electron chi connectivity index (χ2n) is 13.8. The zero-order valence-electron chi connectivity index (χ0n) is 27.0. The van der Waals surface area contributed by atoms with Crippen molar-refractivity contribution in [2.75, 3.05) is 4.90 Å². The molecule has 1 heteroatoms. The second kappa shape index (κ2) is 10.0. The Morgan fingerprint density at radius 2 is 0.854 bits per heavy atom. The number of benzene rings is 9. The van der Waals surface area contributed by atoms with Crippen molar-refractivity contribution in [3.8, 4) is 11.1 Å². The molecule has 0 aliphatic heterocycles. The molecule has 0 spiro atoms. The predicted molar refractivity (Wildman–Crippen MR) is 206 cm³/mol. The number of hydrogen-bond donors (Lipinski definition) is 0. The van der Waals surface area contributed by atoms with Crippen molar-refractivity contribution in [1.29, 1.82) is 0 Å². The zero-order valence-corrected chi connectivity index (χ0v) is 27.0. The lowest BCUT2D eigenvalue weighted by molar-refractivity contribution is 0.661. The van der Waals surface area contributed by atoms with Gasteiger partial charge in [-0.3, -0.25) is 0 Å². The third-order valence-corrected chi connectivity index (χ3v) is 10.8. The molecule has 1 aliphatic carbocycles. The number of rotatable bonds is 3. The molecule has 0 N–H and O–H groups in total. The molecule has 9 aromatic rings. The molecule has 0 saturated carbocycles. The summed E-state index contributed by atoms with van der Waals surface area (Å²) in [6, 6.07) is 60.7. The maximum Gasteiger partial charge on any atom is 0.0468 e. The number of fused-ring (bicyclic) bond motifs is 12. The maximum absolute atomic E-state index is 2.47. The van der Waals surface area contributed by atoms with Crippen LogP contribution in [0.2, 0.25) is 0 Å². The summed E-state index contributed by atoms with van der Waals surface area (Å²) in [6.45, 7) is 4.73. The SMILES string of the molecule is CC1(C)c2ccccc2-c2cc3ccc4ccc(N(c5ccccc5)c5ccc6c7ccccc7c7ccccc7c6c5)cc4c3cc21. The Bertz CT molecular complexity index is 2720. The van der Waals surface area contributed by atoms with E-state index in [-0.39, 0.29) is 5.41 Å². The van der Waals surface area contributed by atoms with Gasteiger partial charge in [0.2, 0.25) is 0 Å². The molecule has 0 amide bonds. The number of para-hydroxylation sites is 1. The van der Waals surface area contributed by atoms with Crippen molar-refractivity contribution in [2.24, 2.45) is 0 Å². The van der Waals surface area contributed by atoms with E-state index in [9.17, 15) is 0 Å². The molecule has 0 bridgehead atoms. The first-order valence-corrected chi connectivity index (χ1v) is 16.9. The van der Waals surface area contributed by atoms with Gasteiger partial charge in [-0.2, -0.15) is 0 Å². The summed E-state index contributed by atoms with van der Waals surface area (Å²) in [5, 5.41) is 12.8. The second-order valence-corrected chi connectivity index (χ2v) is 13.8. The first kappa shape index (κ1) is 27.2. The van der Waals surface area contributed by atoms with Gasteiger partial charge in [0.15, 0.2) is 0 Å². The fourth-order valence-electron chi connectivity index (χ4n) is 8.44. The maximum atomic E-state index is 2.47. The van der Waals surface area contributed by atoms with Crippen LogP contribution in [0.1, 0.15) is 25.0 Å². The Morgan fingerprint density at radius 1 is 0.333 bits per heavy atom. The summed E-state index contributed by atoms with van der Waals surface area (Å²) in [6.07, 6.45) is 0. The molecule has 0 saturated heterocycles. The van der Waals surface area contributed by atoms with Crippen molar-refractivity contribution in [2.45, 2.75) is 19.3 Å². The molecule has 9 aromatic carbocycles. The average molecular weight is 612 g/mol. The van der Waals surface area contributed by atoms with Gasteiger partial charge in [0.25, 0.3) is 0 Å². The molecule has 0 heterocycles. The molecule has 0 unspecified atom stereocenters. The van der Waals surface area contributed by atoms with E-state index < -0.39 is 0 Å². The third-order valence-electron chi connectivity index (χ3n) is 10.8. The molecule has 0 fully saturated rings. The van der Waals surface area contributed by atoms with Gasteiger partial charge < -0.3 is 4.90 Å². The van der Waals surface area contributed by atoms with Gasteiger partial charge in [-0.1, -0.05) is 129 Å². The van der Waals surface area contributed by atoms with Crippen LogP contribution in [0.25, 0.3) is 65.0 Å². The minimum atomic E-state index is -0.0476. The Hall–Kier alpha value is -5.92. The van der Waals surface area contributed by atoms with Crippen molar-refractivity contribution < 1.29 is 0 Å². The van der Waals surface area contributed by atoms with Gasteiger partial charge in [-0.05, 0) is 125 Å². The minimum Gasteiger partial charge on any atom is -0.310 e. The van der Waals surface area contributed by atoms with Crippen LogP contribution in [0, 0.1) is 0 Å². The van der Waals surface area contributed by atoms with Gasteiger partial charge in [0, 0.05) is 22.5 Å². The number of anilines is 3. The Morgan fingerprint density at radius 3 is 1.58 bits per heavy atom. The van der Waals surface area contributed by atoms with Gasteiger partial charge in [-0.15, -0.1) is 0 Å². The van der Waals surface area contributed by atoms with E-state index in [4.69, 9.17) is 0 Å². The van der Waals surface area contributed by atoms with Crippen molar-refractivity contribution >= 4 is 70.9 Å². The first-order chi connectivity index (χ1) is 23.6. The molecular weight excluding hydrogens is 579 g/mol. The Balaban J connectivity index is 1.22. The van der Waals surface area contributed by atoms with Crippen LogP contribution in [0.5, 0.6) is 0 Å². The van der Waals surface area contributed by atoms with Crippen molar-refractivity contribution in [3.63, 3.8) is 0 Å². The van der Waals surface area contributed by atoms with E-state index in [0.29, 0.717) is 0 Å². The van der Waals surface area contributed by atoms with Crippen LogP contribution in [-0.4, -0.2) is 0 Å². The molecule has 0 atom stereocenters. The third kappa shape index (κ3) is 3.85. The van der Waals surface area contributed by atoms with E-state index in [0.717, 1.165) is 17.1 Å². The average Bonchev–Trinajstić information content (AvgIpc) is 3.36. The van der Waals surface area contributed by atoms with Gasteiger partial charge >= 0.3 is 0 Å². The van der Waals surface area contributed by atoms with Crippen LogP contribution < -0.4 is 4.90 Å². The lowest BCUT2D eigenvalue weighted by Gasteiger charge is -2.27. The highest BCUT2D eigenvalue weighted by Gasteiger charge is 2.35. The number of hydrogen-bond acceptors (Lipinski definition) is 1. The molecule has 0 radical (unpaired) electrons. The predicted octanol–water partition coefficient (Wildman–Crippen LogP) is 13.2. The lowest BCUT2D eigenvalue weighted by Crippen LogP contribution is -2.14. The smallest absolute Gasteiger partial charge is 0.0468 e. The standard InChI is InChI=1S/C47H33N/c1-47(2)45-19-11-10-18-40(45)44-26-31-21-20-30-22-23-33(27-41(30)42(31)29-46(44)47)48(32-12-4-3-5-13-32)34-24-25-39-37-16-7-6-14-35(37)36-15-8-9-17-38(36)43(39)28-34/h3-29H,1-2H3. The molecule has 226 valence electrons. The van der Waals surface area contributed by atoms with Crippen LogP contribution in [0.4, 0.5) is 17.1 Å². The van der Waals surface area contributed by atoms with E-state index in [1.807, 2.05) is 0 Å². The summed E-state index contributed by atoms with van der Waals surface area (Å²) < 4.78 is 0. The summed E-state index contributed by atoms with van der Waals surface area (Å²) >= 11 is 0. The summed E-state index contributed by atoms with van der Waals surface area (Å²) in [5.74, 6) is 0. The summed E-state index contributed by atoms with van der Waals surface area (Å²) in [5.41, 5.74) is 8.92. The fourth-order valence-corrected chi connectivity index (χ4v) is 8.44. The van der Waals surface area contributed by atoms with Crippen molar-refractivity contribution in [3.05, 3.63) is 175 Å². The van der Waals surface area contributed by atoms with E-state index >= 15 is 0 Å². The monoisotopic (exact) mass is 611 g/mol. The molecule has 1 aliphatic rings. The molecule has 0 aromatic heterocycles. The largest absolute Gasteiger partial charge is 0.310 e. The highest BCUT2D eigenvalue weighted by molar-refractivity contribution is 6.26. The van der Waals surface area contributed by atoms with Crippen molar-refractivity contribution in [1.82, 2.24) is 0 Å². The number of nitrogens with zero attached hydrogens (tertiary/aromatic N) is 1. The quantitative estimate of drug-likeness (QED) is 0.180.